The average Bonchev–Trinajstić information content (AvgIpc) is 2.63. The number of methoxy groups -OCH3 is 1. The Kier molecular flexibility index (Phi) is 10.2. The second kappa shape index (κ2) is 11.8. The highest BCUT2D eigenvalue weighted by Crippen LogP contribution is 2.25. The Bertz CT molecular complexity index is 763. The Labute approximate surface area is 179 Å². The summed E-state index contributed by atoms with van der Waals surface area (Å²) < 4.78 is 34.8. The number of guanidine groups is 1. The van der Waals surface area contributed by atoms with Gasteiger partial charge in [-0.05, 0) is 29.8 Å². The van der Waals surface area contributed by atoms with E-state index in [9.17, 15) is 8.78 Å². The molecule has 0 saturated heterocycles. The van der Waals surface area contributed by atoms with Crippen molar-refractivity contribution in [3.05, 3.63) is 58.6 Å². The summed E-state index contributed by atoms with van der Waals surface area (Å²) in [5, 5.41) is 6.82. The maximum Gasteiger partial charge on any atom is 0.387 e. The maximum absolute atomic E-state index is 12.6. The number of halogens is 4. The van der Waals surface area contributed by atoms with Gasteiger partial charge in [-0.25, -0.2) is 0 Å². The van der Waals surface area contributed by atoms with E-state index in [0.717, 1.165) is 5.56 Å². The predicted molar refractivity (Wildman–Crippen MR) is 114 cm³/mol. The van der Waals surface area contributed by atoms with E-state index in [1.165, 1.54) is 13.2 Å². The number of nitrogens with one attached hydrogen (secondary N) is 2. The Morgan fingerprint density at radius 2 is 1.78 bits per heavy atom. The van der Waals surface area contributed by atoms with Gasteiger partial charge in [-0.3, -0.25) is 4.99 Å². The standard InChI is InChI=1S/C18H20ClF2N3O2.HI/c1-22-18(23-10-12-5-3-4-6-15(12)19)24-11-13-9-14(25-2)7-8-16(13)26-17(20)21;/h3-9,17H,10-11H2,1-2H3,(H2,22,23,24);1H. The predicted octanol–water partition coefficient (Wildman–Crippen LogP) is 4.43. The molecule has 2 aromatic carbocycles. The molecule has 27 heavy (non-hydrogen) atoms. The van der Waals surface area contributed by atoms with Crippen LogP contribution in [0.2, 0.25) is 5.02 Å². The SMILES string of the molecule is CN=C(NCc1ccccc1Cl)NCc1cc(OC)ccc1OC(F)F.I. The second-order valence-electron chi connectivity index (χ2n) is 5.22. The fourth-order valence-corrected chi connectivity index (χ4v) is 2.45. The highest BCUT2D eigenvalue weighted by atomic mass is 127. The molecule has 0 bridgehead atoms. The molecule has 0 radical (unpaired) electrons. The first-order chi connectivity index (χ1) is 12.5. The first-order valence-corrected chi connectivity index (χ1v) is 8.21. The molecule has 0 spiro atoms. The minimum atomic E-state index is -2.90. The molecule has 0 unspecified atom stereocenters. The molecular weight excluding hydrogens is 491 g/mol. The van der Waals surface area contributed by atoms with Crippen molar-refractivity contribution in [1.29, 1.82) is 0 Å². The Morgan fingerprint density at radius 3 is 2.37 bits per heavy atom. The van der Waals surface area contributed by atoms with Gasteiger partial charge in [-0.15, -0.1) is 24.0 Å². The lowest BCUT2D eigenvalue weighted by atomic mass is 10.2. The van der Waals surface area contributed by atoms with E-state index in [4.69, 9.17) is 16.3 Å². The fraction of sp³-hybridized carbons (Fsp3) is 0.278. The van der Waals surface area contributed by atoms with E-state index in [1.807, 2.05) is 18.2 Å². The molecule has 0 atom stereocenters. The van der Waals surface area contributed by atoms with Gasteiger partial charge in [0, 0.05) is 30.7 Å². The van der Waals surface area contributed by atoms with Crippen molar-refractivity contribution < 1.29 is 18.3 Å². The summed E-state index contributed by atoms with van der Waals surface area (Å²) in [6.45, 7) is -2.21. The van der Waals surface area contributed by atoms with Gasteiger partial charge in [-0.2, -0.15) is 8.78 Å². The largest absolute Gasteiger partial charge is 0.497 e. The van der Waals surface area contributed by atoms with Gasteiger partial charge < -0.3 is 20.1 Å². The fourth-order valence-electron chi connectivity index (χ4n) is 2.25. The zero-order valence-corrected chi connectivity index (χ0v) is 17.9. The monoisotopic (exact) mass is 511 g/mol. The molecule has 2 aromatic rings. The molecule has 148 valence electrons. The molecule has 0 aliphatic rings. The number of aliphatic imine (C=N–C) groups is 1. The molecule has 2 rings (SSSR count). The van der Waals surface area contributed by atoms with Crippen molar-refractivity contribution in [3.8, 4) is 11.5 Å². The van der Waals surface area contributed by atoms with E-state index in [-0.39, 0.29) is 36.3 Å². The zero-order chi connectivity index (χ0) is 18.9. The first kappa shape index (κ1) is 23.2. The lowest BCUT2D eigenvalue weighted by Gasteiger charge is -2.15. The number of hydrogen-bond acceptors (Lipinski definition) is 3. The van der Waals surface area contributed by atoms with Crippen LogP contribution in [0.15, 0.2) is 47.5 Å². The van der Waals surface area contributed by atoms with Crippen molar-refractivity contribution in [2.24, 2.45) is 4.99 Å². The van der Waals surface area contributed by atoms with Crippen LogP contribution in [-0.4, -0.2) is 26.7 Å². The number of hydrogen-bond donors (Lipinski definition) is 2. The molecule has 5 nitrogen and oxygen atoms in total. The summed E-state index contributed by atoms with van der Waals surface area (Å²) in [5.41, 5.74) is 1.44. The summed E-state index contributed by atoms with van der Waals surface area (Å²) in [4.78, 5) is 4.11. The van der Waals surface area contributed by atoms with Gasteiger partial charge in [0.25, 0.3) is 0 Å². The quantitative estimate of drug-likeness (QED) is 0.328. The van der Waals surface area contributed by atoms with Crippen molar-refractivity contribution in [3.63, 3.8) is 0 Å². The minimum Gasteiger partial charge on any atom is -0.497 e. The van der Waals surface area contributed by atoms with Crippen LogP contribution in [0.4, 0.5) is 8.78 Å². The lowest BCUT2D eigenvalue weighted by Crippen LogP contribution is -2.36. The smallest absolute Gasteiger partial charge is 0.387 e. The Morgan fingerprint density at radius 1 is 1.11 bits per heavy atom. The van der Waals surface area contributed by atoms with E-state index >= 15 is 0 Å². The molecule has 0 aliphatic heterocycles. The number of benzene rings is 2. The Balaban J connectivity index is 0.00000364. The highest BCUT2D eigenvalue weighted by molar-refractivity contribution is 14.0. The molecule has 9 heteroatoms. The van der Waals surface area contributed by atoms with E-state index in [2.05, 4.69) is 20.4 Å². The lowest BCUT2D eigenvalue weighted by molar-refractivity contribution is -0.0504. The first-order valence-electron chi connectivity index (χ1n) is 7.83. The van der Waals surface area contributed by atoms with Crippen LogP contribution in [0, 0.1) is 0 Å². The Hall–Kier alpha value is -1.81. The molecule has 2 N–H and O–H groups in total. The molecule has 0 amide bonds. The van der Waals surface area contributed by atoms with Gasteiger partial charge in [0.05, 0.1) is 7.11 Å². The summed E-state index contributed by atoms with van der Waals surface area (Å²) >= 11 is 6.12. The van der Waals surface area contributed by atoms with Gasteiger partial charge in [0.2, 0.25) is 0 Å². The average molecular weight is 512 g/mol. The third-order valence-electron chi connectivity index (χ3n) is 3.56. The second-order valence-corrected chi connectivity index (χ2v) is 5.63. The number of ether oxygens (including phenoxy) is 2. The number of nitrogens with zero attached hydrogens (tertiary/aromatic N) is 1. The summed E-state index contributed by atoms with van der Waals surface area (Å²) in [7, 11) is 3.12. The highest BCUT2D eigenvalue weighted by Gasteiger charge is 2.11. The third-order valence-corrected chi connectivity index (χ3v) is 3.93. The third kappa shape index (κ3) is 7.37. The number of alkyl halides is 2. The minimum absolute atomic E-state index is 0. The molecule has 0 aromatic heterocycles. The van der Waals surface area contributed by atoms with E-state index < -0.39 is 6.61 Å². The molecule has 0 fully saturated rings. The van der Waals surface area contributed by atoms with Crippen LogP contribution in [0.25, 0.3) is 0 Å². The van der Waals surface area contributed by atoms with Crippen LogP contribution in [0.1, 0.15) is 11.1 Å². The molecular formula is C18H21ClF2IN3O2. The molecule has 0 saturated carbocycles. The van der Waals surface area contributed by atoms with E-state index in [1.54, 1.807) is 25.2 Å². The van der Waals surface area contributed by atoms with Crippen molar-refractivity contribution in [2.75, 3.05) is 14.2 Å². The number of rotatable bonds is 7. The van der Waals surface area contributed by atoms with Crippen LogP contribution < -0.4 is 20.1 Å². The summed E-state index contributed by atoms with van der Waals surface area (Å²) in [6, 6.07) is 12.1. The van der Waals surface area contributed by atoms with Crippen molar-refractivity contribution >= 4 is 41.5 Å². The van der Waals surface area contributed by atoms with Gasteiger partial charge >= 0.3 is 6.61 Å². The summed E-state index contributed by atoms with van der Waals surface area (Å²) in [5.74, 6) is 1.12. The maximum atomic E-state index is 12.6. The van der Waals surface area contributed by atoms with Crippen LogP contribution >= 0.6 is 35.6 Å². The molecule has 0 aliphatic carbocycles. The van der Waals surface area contributed by atoms with Crippen LogP contribution in [0.3, 0.4) is 0 Å². The summed E-state index contributed by atoms with van der Waals surface area (Å²) in [6.07, 6.45) is 0. The topological polar surface area (TPSA) is 54.9 Å². The molecule has 0 heterocycles. The van der Waals surface area contributed by atoms with Crippen LogP contribution in [-0.2, 0) is 13.1 Å². The zero-order valence-electron chi connectivity index (χ0n) is 14.8. The van der Waals surface area contributed by atoms with Crippen molar-refractivity contribution in [2.45, 2.75) is 19.7 Å². The van der Waals surface area contributed by atoms with Gasteiger partial charge in [0.15, 0.2) is 5.96 Å². The van der Waals surface area contributed by atoms with E-state index in [0.29, 0.717) is 28.8 Å². The normalized spacial score (nSPS) is 11.0. The van der Waals surface area contributed by atoms with Gasteiger partial charge in [0.1, 0.15) is 11.5 Å². The van der Waals surface area contributed by atoms with Gasteiger partial charge in [-0.1, -0.05) is 29.8 Å². The van der Waals surface area contributed by atoms with Crippen molar-refractivity contribution in [1.82, 2.24) is 10.6 Å². The van der Waals surface area contributed by atoms with Crippen LogP contribution in [0.5, 0.6) is 11.5 Å².